The molecule has 1 atom stereocenters. The Bertz CT molecular complexity index is 1420. The van der Waals surface area contributed by atoms with Crippen LogP contribution in [-0.4, -0.2) is 37.2 Å². The maximum absolute atomic E-state index is 12.9. The molecule has 0 unspecified atom stereocenters. The van der Waals surface area contributed by atoms with Crippen LogP contribution in [0, 0.1) is 0 Å². The van der Waals surface area contributed by atoms with Crippen molar-refractivity contribution in [2.45, 2.75) is 348 Å². The summed E-state index contributed by atoms with van der Waals surface area (Å²) < 4.78 is 16.9. The van der Waals surface area contributed by atoms with Crippen LogP contribution < -0.4 is 0 Å². The summed E-state index contributed by atoms with van der Waals surface area (Å²) in [6.45, 7) is 6.60. The number of hydrogen-bond acceptors (Lipinski definition) is 6. The lowest BCUT2D eigenvalue weighted by atomic mass is 10.0. The monoisotopic (exact) mass is 1070 g/mol. The highest BCUT2D eigenvalue weighted by Gasteiger charge is 2.19. The molecule has 0 N–H and O–H groups in total. The molecule has 0 bridgehead atoms. The summed E-state index contributed by atoms with van der Waals surface area (Å²) in [4.78, 5) is 38.3. The SMILES string of the molecule is CCCCC/C=C\C/C=C\C/C=C\C/C=C\C/C=C\CCC(=O)O[C@H](COC(=O)CCCCCCCCCCC/C=C\CCCCCCCC)COC(=O)CCCCCCCCCCCCCCCCCCCCCCC. The first kappa shape index (κ1) is 73.8. The van der Waals surface area contributed by atoms with E-state index in [9.17, 15) is 14.4 Å². The molecular weight excluding hydrogens is 949 g/mol. The van der Waals surface area contributed by atoms with Crippen molar-refractivity contribution in [3.8, 4) is 0 Å². The van der Waals surface area contributed by atoms with Crippen molar-refractivity contribution in [3.63, 3.8) is 0 Å². The largest absolute Gasteiger partial charge is 0.462 e. The quantitative estimate of drug-likeness (QED) is 0.0261. The topological polar surface area (TPSA) is 78.9 Å². The van der Waals surface area contributed by atoms with Crippen LogP contribution in [0.5, 0.6) is 0 Å². The van der Waals surface area contributed by atoms with Gasteiger partial charge in [0.15, 0.2) is 6.10 Å². The number of unbranched alkanes of at least 4 members (excludes halogenated alkanes) is 38. The summed E-state index contributed by atoms with van der Waals surface area (Å²) in [6.07, 6.45) is 85.0. The summed E-state index contributed by atoms with van der Waals surface area (Å²) in [5.41, 5.74) is 0. The molecule has 0 heterocycles. The maximum atomic E-state index is 12.9. The number of rotatable bonds is 61. The van der Waals surface area contributed by atoms with Crippen molar-refractivity contribution < 1.29 is 28.6 Å². The van der Waals surface area contributed by atoms with Gasteiger partial charge in [0.1, 0.15) is 13.2 Å². The van der Waals surface area contributed by atoms with E-state index in [1.54, 1.807) is 0 Å². The van der Waals surface area contributed by atoms with E-state index >= 15 is 0 Å². The molecule has 0 aromatic heterocycles. The van der Waals surface area contributed by atoms with Crippen LogP contribution in [0.4, 0.5) is 0 Å². The molecule has 0 saturated carbocycles. The molecule has 0 rings (SSSR count). The Kier molecular flexibility index (Phi) is 62.7. The molecule has 0 aromatic carbocycles. The average Bonchev–Trinajstić information content (AvgIpc) is 3.43. The fourth-order valence-electron chi connectivity index (χ4n) is 9.66. The zero-order valence-electron chi connectivity index (χ0n) is 51.2. The lowest BCUT2D eigenvalue weighted by Gasteiger charge is -2.18. The molecule has 0 radical (unpaired) electrons. The normalized spacial score (nSPS) is 12.5. The molecule has 0 aliphatic heterocycles. The van der Waals surface area contributed by atoms with E-state index in [1.165, 1.54) is 231 Å². The smallest absolute Gasteiger partial charge is 0.306 e. The molecule has 0 amide bonds. The third-order valence-electron chi connectivity index (χ3n) is 14.7. The predicted molar refractivity (Wildman–Crippen MR) is 335 cm³/mol. The molecule has 0 spiro atoms. The first-order valence-electron chi connectivity index (χ1n) is 33.4. The van der Waals surface area contributed by atoms with Gasteiger partial charge in [0.05, 0.1) is 0 Å². The van der Waals surface area contributed by atoms with Gasteiger partial charge in [-0.05, 0) is 83.5 Å². The summed E-state index contributed by atoms with van der Waals surface area (Å²) in [5.74, 6) is -0.969. The van der Waals surface area contributed by atoms with E-state index in [0.29, 0.717) is 19.3 Å². The number of allylic oxidation sites excluding steroid dienone is 12. The fraction of sp³-hybridized carbons (Fsp3) is 0.789. The fourth-order valence-corrected chi connectivity index (χ4v) is 9.66. The van der Waals surface area contributed by atoms with E-state index in [2.05, 4.69) is 87.6 Å². The van der Waals surface area contributed by atoms with Crippen molar-refractivity contribution in [2.24, 2.45) is 0 Å². The van der Waals surface area contributed by atoms with Gasteiger partial charge in [0.2, 0.25) is 0 Å². The molecule has 77 heavy (non-hydrogen) atoms. The second-order valence-corrected chi connectivity index (χ2v) is 22.4. The first-order valence-corrected chi connectivity index (χ1v) is 33.4. The van der Waals surface area contributed by atoms with Gasteiger partial charge in [-0.1, -0.05) is 312 Å². The number of hydrogen-bond donors (Lipinski definition) is 0. The third kappa shape index (κ3) is 63.6. The summed E-state index contributed by atoms with van der Waals surface area (Å²) in [5, 5.41) is 0. The third-order valence-corrected chi connectivity index (χ3v) is 14.7. The van der Waals surface area contributed by atoms with Gasteiger partial charge >= 0.3 is 17.9 Å². The Morgan fingerprint density at radius 3 is 0.818 bits per heavy atom. The lowest BCUT2D eigenvalue weighted by molar-refractivity contribution is -0.166. The molecule has 6 nitrogen and oxygen atoms in total. The van der Waals surface area contributed by atoms with Crippen molar-refractivity contribution in [1.82, 2.24) is 0 Å². The van der Waals surface area contributed by atoms with Crippen molar-refractivity contribution in [2.75, 3.05) is 13.2 Å². The Morgan fingerprint density at radius 2 is 0.494 bits per heavy atom. The van der Waals surface area contributed by atoms with Crippen LogP contribution in [0.15, 0.2) is 72.9 Å². The van der Waals surface area contributed by atoms with Crippen LogP contribution in [0.3, 0.4) is 0 Å². The minimum Gasteiger partial charge on any atom is -0.462 e. The molecular formula is C71H126O6. The van der Waals surface area contributed by atoms with Gasteiger partial charge in [0.25, 0.3) is 0 Å². The Hall–Kier alpha value is -3.15. The lowest BCUT2D eigenvalue weighted by Crippen LogP contribution is -2.30. The zero-order valence-corrected chi connectivity index (χ0v) is 51.2. The van der Waals surface area contributed by atoms with E-state index < -0.39 is 6.10 Å². The molecule has 0 aromatic rings. The van der Waals surface area contributed by atoms with Crippen LogP contribution in [0.25, 0.3) is 0 Å². The van der Waals surface area contributed by atoms with Gasteiger partial charge in [-0.2, -0.15) is 0 Å². The highest BCUT2D eigenvalue weighted by molar-refractivity contribution is 5.71. The minimum atomic E-state index is -0.816. The Balaban J connectivity index is 4.43. The van der Waals surface area contributed by atoms with Crippen LogP contribution in [-0.2, 0) is 28.6 Å². The van der Waals surface area contributed by atoms with Gasteiger partial charge < -0.3 is 14.2 Å². The Morgan fingerprint density at radius 1 is 0.260 bits per heavy atom. The standard InChI is InChI=1S/C71H126O6/c1-4-7-10-13-16-19-22-25-28-31-34-35-38-40-43-46-49-52-55-58-61-64-70(73)76-67-68(77-71(74)65-62-59-56-53-50-47-44-41-37-33-30-27-24-21-18-15-12-9-6-3)66-75-69(72)63-60-57-54-51-48-45-42-39-36-32-29-26-23-20-17-14-11-8-5-2/h18,21,26-27,29-30,37,41,47,50,56,59,68H,4-17,19-20,22-25,28,31-36,38-40,42-46,48-49,51-55,57-58,60-67H2,1-3H3/b21-18-,29-26-,30-27-,41-37-,50-47-,59-56-/t68-/m1/s1. The second kappa shape index (κ2) is 65.4. The van der Waals surface area contributed by atoms with Crippen LogP contribution >= 0.6 is 0 Å². The minimum absolute atomic E-state index is 0.102. The molecule has 0 aliphatic rings. The highest BCUT2D eigenvalue weighted by atomic mass is 16.6. The highest BCUT2D eigenvalue weighted by Crippen LogP contribution is 2.17. The van der Waals surface area contributed by atoms with Gasteiger partial charge in [-0.3, -0.25) is 14.4 Å². The van der Waals surface area contributed by atoms with Crippen molar-refractivity contribution in [3.05, 3.63) is 72.9 Å². The maximum Gasteiger partial charge on any atom is 0.306 e. The summed E-state index contributed by atoms with van der Waals surface area (Å²) >= 11 is 0. The molecule has 446 valence electrons. The van der Waals surface area contributed by atoms with E-state index in [0.717, 1.165) is 64.2 Å². The molecule has 0 fully saturated rings. The summed E-state index contributed by atoms with van der Waals surface area (Å²) in [6, 6.07) is 0. The van der Waals surface area contributed by atoms with E-state index in [-0.39, 0.29) is 37.5 Å². The van der Waals surface area contributed by atoms with E-state index in [4.69, 9.17) is 14.2 Å². The number of carbonyl (C=O) groups is 3. The van der Waals surface area contributed by atoms with Crippen molar-refractivity contribution >= 4 is 17.9 Å². The van der Waals surface area contributed by atoms with Crippen molar-refractivity contribution in [1.29, 1.82) is 0 Å². The van der Waals surface area contributed by atoms with E-state index in [1.807, 2.05) is 6.08 Å². The average molecular weight is 1080 g/mol. The first-order chi connectivity index (χ1) is 38.0. The van der Waals surface area contributed by atoms with Gasteiger partial charge in [0, 0.05) is 19.3 Å². The molecule has 0 saturated heterocycles. The molecule has 6 heteroatoms. The van der Waals surface area contributed by atoms with Gasteiger partial charge in [-0.25, -0.2) is 0 Å². The number of carbonyl (C=O) groups excluding carboxylic acids is 3. The van der Waals surface area contributed by atoms with Crippen LogP contribution in [0.2, 0.25) is 0 Å². The van der Waals surface area contributed by atoms with Gasteiger partial charge in [-0.15, -0.1) is 0 Å². The number of esters is 3. The zero-order chi connectivity index (χ0) is 55.7. The number of ether oxygens (including phenoxy) is 3. The predicted octanol–water partition coefficient (Wildman–Crippen LogP) is 22.9. The molecule has 0 aliphatic carbocycles. The van der Waals surface area contributed by atoms with Crippen LogP contribution in [0.1, 0.15) is 342 Å². The summed E-state index contributed by atoms with van der Waals surface area (Å²) in [7, 11) is 0. The Labute approximate surface area is 478 Å². The second-order valence-electron chi connectivity index (χ2n) is 22.4.